The molecule has 1 aromatic rings. The number of methoxy groups -OCH3 is 1. The van der Waals surface area contributed by atoms with Crippen molar-refractivity contribution in [3.05, 3.63) is 24.3 Å². The Hall–Kier alpha value is -2.22. The number of carbonyl (C=O) groups is 3. The topological polar surface area (TPSA) is 79.0 Å². The molecule has 140 valence electrons. The number of fused-ring (bicyclic) bond motifs is 1. The number of likely N-dealkylation sites (N-methyl/N-ethyl adjacent to an activating group) is 1. The van der Waals surface area contributed by atoms with Gasteiger partial charge >= 0.3 is 0 Å². The van der Waals surface area contributed by atoms with Crippen molar-refractivity contribution < 1.29 is 19.1 Å². The molecule has 1 aromatic carbocycles. The third kappa shape index (κ3) is 3.51. The van der Waals surface area contributed by atoms with Gasteiger partial charge in [0.15, 0.2) is 0 Å². The molecule has 7 nitrogen and oxygen atoms in total. The predicted molar refractivity (Wildman–Crippen MR) is 100.0 cm³/mol. The van der Waals surface area contributed by atoms with Gasteiger partial charge in [0.1, 0.15) is 11.8 Å². The number of ether oxygens (including phenoxy) is 1. The van der Waals surface area contributed by atoms with Crippen molar-refractivity contribution in [2.45, 2.75) is 30.7 Å². The van der Waals surface area contributed by atoms with E-state index in [0.717, 1.165) is 6.42 Å². The molecule has 0 radical (unpaired) electrons. The largest absolute Gasteiger partial charge is 0.497 e. The fourth-order valence-corrected chi connectivity index (χ4v) is 4.88. The van der Waals surface area contributed by atoms with Crippen LogP contribution in [0, 0.1) is 0 Å². The van der Waals surface area contributed by atoms with Gasteiger partial charge in [-0.3, -0.25) is 14.4 Å². The van der Waals surface area contributed by atoms with E-state index >= 15 is 0 Å². The van der Waals surface area contributed by atoms with Crippen LogP contribution in [0.4, 0.5) is 5.69 Å². The number of hydrogen-bond acceptors (Lipinski definition) is 5. The summed E-state index contributed by atoms with van der Waals surface area (Å²) < 4.78 is 5.13. The standard InChI is InChI=1S/C18H23N3O4S/c1-18-8-7-16(23)21(18)14(11-26-18)17(24)20(2)10-15(22)19-12-5-4-6-13(9-12)25-3/h4-6,9,14H,7-8,10-11H2,1-3H3,(H,19,22)/t14-,18-/m0/s1. The van der Waals surface area contributed by atoms with Gasteiger partial charge in [-0.25, -0.2) is 0 Å². The number of thioether (sulfide) groups is 1. The Labute approximate surface area is 157 Å². The second-order valence-corrected chi connectivity index (χ2v) is 8.24. The van der Waals surface area contributed by atoms with Gasteiger partial charge in [-0.05, 0) is 25.5 Å². The lowest BCUT2D eigenvalue weighted by atomic mass is 10.2. The minimum atomic E-state index is -0.491. The average Bonchev–Trinajstić information content (AvgIpc) is 3.10. The van der Waals surface area contributed by atoms with Crippen LogP contribution in [0.3, 0.4) is 0 Å². The van der Waals surface area contributed by atoms with E-state index in [2.05, 4.69) is 5.32 Å². The smallest absolute Gasteiger partial charge is 0.246 e. The quantitative estimate of drug-likeness (QED) is 0.842. The van der Waals surface area contributed by atoms with Crippen molar-refractivity contribution in [3.63, 3.8) is 0 Å². The minimum Gasteiger partial charge on any atom is -0.497 e. The van der Waals surface area contributed by atoms with Crippen molar-refractivity contribution >= 4 is 35.2 Å². The van der Waals surface area contributed by atoms with Gasteiger partial charge in [-0.15, -0.1) is 11.8 Å². The Morgan fingerprint density at radius 1 is 1.46 bits per heavy atom. The van der Waals surface area contributed by atoms with E-state index in [4.69, 9.17) is 4.74 Å². The van der Waals surface area contributed by atoms with Gasteiger partial charge in [0.2, 0.25) is 17.7 Å². The van der Waals surface area contributed by atoms with Gasteiger partial charge in [0.05, 0.1) is 18.5 Å². The monoisotopic (exact) mass is 377 g/mol. The van der Waals surface area contributed by atoms with Crippen molar-refractivity contribution in [1.29, 1.82) is 0 Å². The summed E-state index contributed by atoms with van der Waals surface area (Å²) in [7, 11) is 3.15. The first-order valence-corrected chi connectivity index (χ1v) is 9.47. The van der Waals surface area contributed by atoms with Crippen LogP contribution in [0.5, 0.6) is 5.75 Å². The van der Waals surface area contributed by atoms with Gasteiger partial charge in [-0.2, -0.15) is 0 Å². The number of benzene rings is 1. The minimum absolute atomic E-state index is 0.0186. The molecule has 1 N–H and O–H groups in total. The van der Waals surface area contributed by atoms with Gasteiger partial charge in [0, 0.05) is 31.0 Å². The molecule has 2 aliphatic heterocycles. The highest BCUT2D eigenvalue weighted by Gasteiger charge is 2.53. The van der Waals surface area contributed by atoms with Crippen molar-refractivity contribution in [2.75, 3.05) is 31.8 Å². The van der Waals surface area contributed by atoms with E-state index < -0.39 is 6.04 Å². The molecule has 8 heteroatoms. The zero-order chi connectivity index (χ0) is 18.9. The number of rotatable bonds is 5. The third-order valence-corrected chi connectivity index (χ3v) is 6.35. The predicted octanol–water partition coefficient (Wildman–Crippen LogP) is 1.55. The lowest BCUT2D eigenvalue weighted by Crippen LogP contribution is -2.51. The Morgan fingerprint density at radius 2 is 2.23 bits per heavy atom. The number of nitrogens with zero attached hydrogens (tertiary/aromatic N) is 2. The molecule has 2 fully saturated rings. The van der Waals surface area contributed by atoms with E-state index in [9.17, 15) is 14.4 Å². The summed E-state index contributed by atoms with van der Waals surface area (Å²) in [6.07, 6.45) is 1.24. The fourth-order valence-electron chi connectivity index (χ4n) is 3.45. The third-order valence-electron chi connectivity index (χ3n) is 4.84. The summed E-state index contributed by atoms with van der Waals surface area (Å²) in [5.41, 5.74) is 0.605. The highest BCUT2D eigenvalue weighted by molar-refractivity contribution is 8.01. The van der Waals surface area contributed by atoms with Crippen LogP contribution in [0.1, 0.15) is 19.8 Å². The molecule has 0 aromatic heterocycles. The molecular formula is C18H23N3O4S. The average molecular weight is 377 g/mol. The van der Waals surface area contributed by atoms with Crippen LogP contribution in [-0.4, -0.2) is 64.9 Å². The van der Waals surface area contributed by atoms with Crippen LogP contribution >= 0.6 is 11.8 Å². The molecule has 0 bridgehead atoms. The van der Waals surface area contributed by atoms with Gasteiger partial charge in [-0.1, -0.05) is 6.07 Å². The summed E-state index contributed by atoms with van der Waals surface area (Å²) in [6, 6.07) is 6.53. The second kappa shape index (κ2) is 7.19. The zero-order valence-electron chi connectivity index (χ0n) is 15.2. The first-order chi connectivity index (χ1) is 12.3. The van der Waals surface area contributed by atoms with E-state index in [1.165, 1.54) is 4.90 Å². The van der Waals surface area contributed by atoms with Crippen LogP contribution in [0.15, 0.2) is 24.3 Å². The number of amides is 3. The molecule has 0 spiro atoms. The summed E-state index contributed by atoms with van der Waals surface area (Å²) >= 11 is 1.64. The molecule has 2 saturated heterocycles. The maximum Gasteiger partial charge on any atom is 0.246 e. The molecule has 0 aliphatic carbocycles. The molecule has 2 atom stereocenters. The molecule has 0 unspecified atom stereocenters. The van der Waals surface area contributed by atoms with Crippen LogP contribution in [0.25, 0.3) is 0 Å². The maximum absolute atomic E-state index is 12.8. The van der Waals surface area contributed by atoms with Crippen molar-refractivity contribution in [1.82, 2.24) is 9.80 Å². The lowest BCUT2D eigenvalue weighted by molar-refractivity contribution is -0.143. The Kier molecular flexibility index (Phi) is 5.13. The number of hydrogen-bond donors (Lipinski definition) is 1. The van der Waals surface area contributed by atoms with Crippen LogP contribution in [0.2, 0.25) is 0 Å². The summed E-state index contributed by atoms with van der Waals surface area (Å²) in [5, 5.41) is 2.76. The normalized spacial score (nSPS) is 24.3. The summed E-state index contributed by atoms with van der Waals surface area (Å²) in [4.78, 5) is 40.0. The van der Waals surface area contributed by atoms with Gasteiger partial charge < -0.3 is 19.9 Å². The van der Waals surface area contributed by atoms with Crippen LogP contribution in [-0.2, 0) is 14.4 Å². The lowest BCUT2D eigenvalue weighted by Gasteiger charge is -2.31. The Morgan fingerprint density at radius 3 is 2.96 bits per heavy atom. The Balaban J connectivity index is 1.60. The second-order valence-electron chi connectivity index (χ2n) is 6.74. The molecule has 2 heterocycles. The first kappa shape index (κ1) is 18.6. The maximum atomic E-state index is 12.8. The van der Waals surface area contributed by atoms with E-state index in [1.54, 1.807) is 55.1 Å². The van der Waals surface area contributed by atoms with E-state index in [0.29, 0.717) is 23.6 Å². The molecule has 0 saturated carbocycles. The highest BCUT2D eigenvalue weighted by atomic mass is 32.2. The zero-order valence-corrected chi connectivity index (χ0v) is 16.0. The summed E-state index contributed by atoms with van der Waals surface area (Å²) in [5.74, 6) is 0.739. The van der Waals surface area contributed by atoms with Crippen molar-refractivity contribution in [2.24, 2.45) is 0 Å². The van der Waals surface area contributed by atoms with Gasteiger partial charge in [0.25, 0.3) is 0 Å². The van der Waals surface area contributed by atoms with Crippen molar-refractivity contribution in [3.8, 4) is 5.75 Å². The molecule has 2 aliphatic rings. The Bertz CT molecular complexity index is 741. The van der Waals surface area contributed by atoms with Crippen LogP contribution < -0.4 is 10.1 Å². The first-order valence-electron chi connectivity index (χ1n) is 8.49. The number of carbonyl (C=O) groups excluding carboxylic acids is 3. The summed E-state index contributed by atoms with van der Waals surface area (Å²) in [6.45, 7) is 1.93. The SMILES string of the molecule is COc1cccc(NC(=O)CN(C)C(=O)[C@@H]2CS[C@@]3(C)CCC(=O)N23)c1. The molecule has 3 amide bonds. The number of nitrogens with one attached hydrogen (secondary N) is 1. The molecule has 26 heavy (non-hydrogen) atoms. The fraction of sp³-hybridized carbons (Fsp3) is 0.500. The van der Waals surface area contributed by atoms with E-state index in [-0.39, 0.29) is 29.1 Å². The number of anilines is 1. The molecular weight excluding hydrogens is 354 g/mol. The van der Waals surface area contributed by atoms with E-state index in [1.807, 2.05) is 6.92 Å². The highest BCUT2D eigenvalue weighted by Crippen LogP contribution is 2.47. The molecule has 3 rings (SSSR count).